The molecule has 1 rings (SSSR count). The van der Waals surface area contributed by atoms with Gasteiger partial charge in [0.1, 0.15) is 11.3 Å². The van der Waals surface area contributed by atoms with Crippen LogP contribution in [0.1, 0.15) is 48.0 Å². The second-order valence-electron chi connectivity index (χ2n) is 4.58. The lowest BCUT2D eigenvalue weighted by Crippen LogP contribution is -2.30. The largest absolute Gasteiger partial charge is 0.396 e. The third-order valence-electron chi connectivity index (χ3n) is 3.05. The topological polar surface area (TPSA) is 75.4 Å². The molecule has 0 radical (unpaired) electrons. The smallest absolute Gasteiger partial charge is 0.256 e. The Kier molecular flexibility index (Phi) is 5.85. The van der Waals surface area contributed by atoms with Gasteiger partial charge in [-0.1, -0.05) is 18.5 Å². The number of amides is 1. The van der Waals surface area contributed by atoms with E-state index in [1.807, 2.05) is 0 Å². The monoisotopic (exact) mass is 254 g/mol. The number of carbonyl (C=O) groups is 1. The number of aromatic nitrogens is 1. The van der Waals surface area contributed by atoms with Gasteiger partial charge in [0.15, 0.2) is 0 Å². The summed E-state index contributed by atoms with van der Waals surface area (Å²) in [5.74, 6) is 0.717. The first-order valence-corrected chi connectivity index (χ1v) is 6.42. The first-order chi connectivity index (χ1) is 8.60. The minimum absolute atomic E-state index is 0.148. The highest BCUT2D eigenvalue weighted by molar-refractivity contribution is 5.96. The van der Waals surface area contributed by atoms with Gasteiger partial charge >= 0.3 is 0 Å². The Labute approximate surface area is 108 Å². The maximum Gasteiger partial charge on any atom is 0.256 e. The van der Waals surface area contributed by atoms with Gasteiger partial charge < -0.3 is 14.9 Å². The summed E-state index contributed by atoms with van der Waals surface area (Å²) in [7, 11) is 0. The van der Waals surface area contributed by atoms with Crippen molar-refractivity contribution in [1.29, 1.82) is 0 Å². The van der Waals surface area contributed by atoms with E-state index in [0.717, 1.165) is 19.3 Å². The fourth-order valence-electron chi connectivity index (χ4n) is 2.07. The second-order valence-corrected chi connectivity index (χ2v) is 4.58. The summed E-state index contributed by atoms with van der Waals surface area (Å²) in [5, 5.41) is 15.6. The fourth-order valence-corrected chi connectivity index (χ4v) is 2.07. The molecule has 0 aliphatic carbocycles. The van der Waals surface area contributed by atoms with Crippen molar-refractivity contribution in [2.75, 3.05) is 13.2 Å². The SMILES string of the molecule is CCCC(CCO)CNC(=O)c1c(C)noc1C. The number of aliphatic hydroxyl groups excluding tert-OH is 1. The quantitative estimate of drug-likeness (QED) is 0.778. The van der Waals surface area contributed by atoms with Crippen molar-refractivity contribution in [3.05, 3.63) is 17.0 Å². The molecule has 2 N–H and O–H groups in total. The van der Waals surface area contributed by atoms with Crippen LogP contribution in [0.15, 0.2) is 4.52 Å². The van der Waals surface area contributed by atoms with E-state index in [9.17, 15) is 4.79 Å². The third kappa shape index (κ3) is 3.84. The Morgan fingerprint density at radius 3 is 2.67 bits per heavy atom. The van der Waals surface area contributed by atoms with Gasteiger partial charge in [0, 0.05) is 13.2 Å². The lowest BCUT2D eigenvalue weighted by atomic mass is 10.00. The Morgan fingerprint density at radius 2 is 2.17 bits per heavy atom. The zero-order valence-corrected chi connectivity index (χ0v) is 11.3. The Hall–Kier alpha value is -1.36. The van der Waals surface area contributed by atoms with Gasteiger partial charge in [-0.15, -0.1) is 0 Å². The lowest BCUT2D eigenvalue weighted by Gasteiger charge is -2.15. The van der Waals surface area contributed by atoms with Crippen molar-refractivity contribution < 1.29 is 14.4 Å². The van der Waals surface area contributed by atoms with E-state index < -0.39 is 0 Å². The molecular weight excluding hydrogens is 232 g/mol. The zero-order chi connectivity index (χ0) is 13.5. The summed E-state index contributed by atoms with van der Waals surface area (Å²) in [4.78, 5) is 12.0. The van der Waals surface area contributed by atoms with Crippen molar-refractivity contribution >= 4 is 5.91 Å². The van der Waals surface area contributed by atoms with E-state index >= 15 is 0 Å². The fraction of sp³-hybridized carbons (Fsp3) is 0.692. The maximum absolute atomic E-state index is 12.0. The van der Waals surface area contributed by atoms with Crippen molar-refractivity contribution in [2.45, 2.75) is 40.0 Å². The highest BCUT2D eigenvalue weighted by atomic mass is 16.5. The number of nitrogens with one attached hydrogen (secondary N) is 1. The van der Waals surface area contributed by atoms with Gasteiger partial charge in [0.2, 0.25) is 0 Å². The number of hydrogen-bond donors (Lipinski definition) is 2. The summed E-state index contributed by atoms with van der Waals surface area (Å²) in [6, 6.07) is 0. The average Bonchev–Trinajstić information content (AvgIpc) is 2.66. The standard InChI is InChI=1S/C13H22N2O3/c1-4-5-11(6-7-16)8-14-13(17)12-9(2)15-18-10(12)3/h11,16H,4-8H2,1-3H3,(H,14,17). The molecule has 1 atom stereocenters. The number of rotatable bonds is 7. The molecule has 18 heavy (non-hydrogen) atoms. The van der Waals surface area contributed by atoms with Crippen molar-refractivity contribution in [1.82, 2.24) is 10.5 Å². The predicted molar refractivity (Wildman–Crippen MR) is 68.4 cm³/mol. The predicted octanol–water partition coefficient (Wildman–Crippen LogP) is 1.82. The molecule has 0 saturated carbocycles. The molecule has 102 valence electrons. The molecule has 0 spiro atoms. The maximum atomic E-state index is 12.0. The summed E-state index contributed by atoms with van der Waals surface area (Å²) >= 11 is 0. The Balaban J connectivity index is 2.54. The van der Waals surface area contributed by atoms with Gasteiger partial charge in [0.05, 0.1) is 5.69 Å². The zero-order valence-electron chi connectivity index (χ0n) is 11.3. The van der Waals surface area contributed by atoms with Crippen LogP contribution in [-0.4, -0.2) is 29.3 Å². The highest BCUT2D eigenvalue weighted by Gasteiger charge is 2.18. The molecule has 5 heteroatoms. The molecular formula is C13H22N2O3. The molecule has 1 amide bonds. The van der Waals surface area contributed by atoms with Crippen LogP contribution in [0, 0.1) is 19.8 Å². The van der Waals surface area contributed by atoms with Crippen molar-refractivity contribution in [2.24, 2.45) is 5.92 Å². The summed E-state index contributed by atoms with van der Waals surface area (Å²) in [6.45, 7) is 6.32. The van der Waals surface area contributed by atoms with E-state index in [0.29, 0.717) is 29.5 Å². The van der Waals surface area contributed by atoms with E-state index in [2.05, 4.69) is 17.4 Å². The molecule has 0 aliphatic rings. The van der Waals surface area contributed by atoms with Crippen LogP contribution < -0.4 is 5.32 Å². The average molecular weight is 254 g/mol. The van der Waals surface area contributed by atoms with Gasteiger partial charge in [-0.3, -0.25) is 4.79 Å². The van der Waals surface area contributed by atoms with Crippen LogP contribution in [-0.2, 0) is 0 Å². The molecule has 1 aromatic heterocycles. The van der Waals surface area contributed by atoms with E-state index in [-0.39, 0.29) is 12.5 Å². The van der Waals surface area contributed by atoms with Crippen molar-refractivity contribution in [3.63, 3.8) is 0 Å². The van der Waals surface area contributed by atoms with Gasteiger partial charge in [-0.05, 0) is 32.6 Å². The number of carbonyl (C=O) groups excluding carboxylic acids is 1. The molecule has 1 unspecified atom stereocenters. The molecule has 0 bridgehead atoms. The van der Waals surface area contributed by atoms with Crippen LogP contribution in [0.2, 0.25) is 0 Å². The molecule has 0 saturated heterocycles. The first-order valence-electron chi connectivity index (χ1n) is 6.42. The third-order valence-corrected chi connectivity index (χ3v) is 3.05. The van der Waals surface area contributed by atoms with E-state index in [1.54, 1.807) is 13.8 Å². The number of aliphatic hydroxyl groups is 1. The van der Waals surface area contributed by atoms with Gasteiger partial charge in [0.25, 0.3) is 5.91 Å². The number of nitrogens with zero attached hydrogens (tertiary/aromatic N) is 1. The normalized spacial score (nSPS) is 12.4. The van der Waals surface area contributed by atoms with Crippen LogP contribution >= 0.6 is 0 Å². The van der Waals surface area contributed by atoms with Gasteiger partial charge in [-0.25, -0.2) is 0 Å². The molecule has 0 fully saturated rings. The molecule has 0 aliphatic heterocycles. The Morgan fingerprint density at radius 1 is 1.44 bits per heavy atom. The Bertz CT molecular complexity index is 362. The summed E-state index contributed by atoms with van der Waals surface area (Å²) in [5.41, 5.74) is 1.13. The van der Waals surface area contributed by atoms with Crippen molar-refractivity contribution in [3.8, 4) is 0 Å². The van der Waals surface area contributed by atoms with Crippen LogP contribution in [0.25, 0.3) is 0 Å². The first kappa shape index (κ1) is 14.7. The van der Waals surface area contributed by atoms with Crippen LogP contribution in [0.4, 0.5) is 0 Å². The van der Waals surface area contributed by atoms with Gasteiger partial charge in [-0.2, -0.15) is 0 Å². The number of hydrogen-bond acceptors (Lipinski definition) is 4. The molecule has 0 aromatic carbocycles. The van der Waals surface area contributed by atoms with Crippen LogP contribution in [0.5, 0.6) is 0 Å². The molecule has 5 nitrogen and oxygen atoms in total. The highest BCUT2D eigenvalue weighted by Crippen LogP contribution is 2.13. The van der Waals surface area contributed by atoms with E-state index in [4.69, 9.17) is 9.63 Å². The van der Waals surface area contributed by atoms with E-state index in [1.165, 1.54) is 0 Å². The number of aryl methyl sites for hydroxylation is 2. The van der Waals surface area contributed by atoms with Crippen LogP contribution in [0.3, 0.4) is 0 Å². The summed E-state index contributed by atoms with van der Waals surface area (Å²) < 4.78 is 4.97. The second kappa shape index (κ2) is 7.16. The summed E-state index contributed by atoms with van der Waals surface area (Å²) in [6.07, 6.45) is 2.77. The minimum atomic E-state index is -0.148. The minimum Gasteiger partial charge on any atom is -0.396 e. The molecule has 1 heterocycles. The molecule has 1 aromatic rings. The lowest BCUT2D eigenvalue weighted by molar-refractivity contribution is 0.0941.